The fourth-order valence-corrected chi connectivity index (χ4v) is 5.92. The fourth-order valence-electron chi connectivity index (χ4n) is 4.40. The fraction of sp³-hybridized carbons (Fsp3) is 0.308. The standard InChI is InChI=1S/C26H29N3O4S/c1-3-25(30)29-16-14-19(15-17-29)28-34(32,33)24-13-7-10-21-22(24)11-6-12-23(21)27-26(31)20-9-5-4-8-18(20)2/h4-13,19,28H,3,14-17H2,1-2H3,(H,27,31). The second kappa shape index (κ2) is 9.95. The number of nitrogens with one attached hydrogen (secondary N) is 2. The van der Waals surface area contributed by atoms with Crippen molar-refractivity contribution < 1.29 is 18.0 Å². The highest BCUT2D eigenvalue weighted by Crippen LogP contribution is 2.30. The monoisotopic (exact) mass is 479 g/mol. The van der Waals surface area contributed by atoms with Gasteiger partial charge < -0.3 is 10.2 Å². The number of hydrogen-bond donors (Lipinski definition) is 2. The molecule has 1 saturated heterocycles. The van der Waals surface area contributed by atoms with Crippen molar-refractivity contribution in [3.8, 4) is 0 Å². The van der Waals surface area contributed by atoms with Crippen molar-refractivity contribution in [1.82, 2.24) is 9.62 Å². The van der Waals surface area contributed by atoms with Gasteiger partial charge in [-0.3, -0.25) is 9.59 Å². The van der Waals surface area contributed by atoms with Crippen LogP contribution < -0.4 is 10.0 Å². The van der Waals surface area contributed by atoms with E-state index in [-0.39, 0.29) is 22.8 Å². The molecule has 0 bridgehead atoms. The number of amides is 2. The largest absolute Gasteiger partial charge is 0.343 e. The molecule has 1 heterocycles. The lowest BCUT2D eigenvalue weighted by atomic mass is 10.1. The van der Waals surface area contributed by atoms with Crippen LogP contribution >= 0.6 is 0 Å². The van der Waals surface area contributed by atoms with Crippen molar-refractivity contribution in [2.24, 2.45) is 0 Å². The van der Waals surface area contributed by atoms with Crippen LogP contribution in [0.25, 0.3) is 10.8 Å². The molecule has 3 aromatic carbocycles. The number of anilines is 1. The number of fused-ring (bicyclic) bond motifs is 1. The minimum absolute atomic E-state index is 0.0932. The molecule has 1 fully saturated rings. The molecule has 4 rings (SSSR count). The summed E-state index contributed by atoms with van der Waals surface area (Å²) in [6, 6.07) is 17.4. The van der Waals surface area contributed by atoms with Crippen LogP contribution in [0.1, 0.15) is 42.1 Å². The molecule has 0 aromatic heterocycles. The van der Waals surface area contributed by atoms with Crippen molar-refractivity contribution in [3.05, 3.63) is 71.8 Å². The van der Waals surface area contributed by atoms with Crippen molar-refractivity contribution in [1.29, 1.82) is 0 Å². The van der Waals surface area contributed by atoms with Gasteiger partial charge in [-0.1, -0.05) is 49.4 Å². The molecule has 0 aliphatic carbocycles. The van der Waals surface area contributed by atoms with E-state index in [0.717, 1.165) is 5.56 Å². The summed E-state index contributed by atoms with van der Waals surface area (Å²) in [6.45, 7) is 4.79. The number of piperidine rings is 1. The van der Waals surface area contributed by atoms with Crippen molar-refractivity contribution >= 4 is 38.3 Å². The lowest BCUT2D eigenvalue weighted by molar-refractivity contribution is -0.131. The zero-order valence-corrected chi connectivity index (χ0v) is 20.2. The van der Waals surface area contributed by atoms with Gasteiger partial charge in [0.15, 0.2) is 0 Å². The van der Waals surface area contributed by atoms with E-state index < -0.39 is 10.0 Å². The predicted octanol–water partition coefficient (Wildman–Crippen LogP) is 4.08. The van der Waals surface area contributed by atoms with E-state index in [4.69, 9.17) is 0 Å². The van der Waals surface area contributed by atoms with Crippen LogP contribution in [0.3, 0.4) is 0 Å². The average molecular weight is 480 g/mol. The number of sulfonamides is 1. The minimum Gasteiger partial charge on any atom is -0.343 e. The predicted molar refractivity (Wildman–Crippen MR) is 133 cm³/mol. The molecule has 178 valence electrons. The molecule has 1 aliphatic rings. The molecule has 8 heteroatoms. The number of hydrogen-bond acceptors (Lipinski definition) is 4. The molecule has 2 N–H and O–H groups in total. The highest BCUT2D eigenvalue weighted by atomic mass is 32.2. The Kier molecular flexibility index (Phi) is 7.00. The van der Waals surface area contributed by atoms with Crippen LogP contribution in [-0.4, -0.2) is 44.3 Å². The van der Waals surface area contributed by atoms with Crippen molar-refractivity contribution in [2.75, 3.05) is 18.4 Å². The van der Waals surface area contributed by atoms with E-state index in [0.29, 0.717) is 54.4 Å². The summed E-state index contributed by atoms with van der Waals surface area (Å²) in [5, 5.41) is 4.12. The Hall–Kier alpha value is -3.23. The van der Waals surface area contributed by atoms with Crippen LogP contribution in [0.5, 0.6) is 0 Å². The molecular weight excluding hydrogens is 450 g/mol. The second-order valence-corrected chi connectivity index (χ2v) is 10.2. The molecule has 0 atom stereocenters. The van der Waals surface area contributed by atoms with Crippen LogP contribution in [0, 0.1) is 6.92 Å². The maximum absolute atomic E-state index is 13.3. The molecule has 0 radical (unpaired) electrons. The first kappa shape index (κ1) is 23.9. The summed E-state index contributed by atoms with van der Waals surface area (Å²) in [5.41, 5.74) is 1.98. The van der Waals surface area contributed by atoms with E-state index in [1.165, 1.54) is 0 Å². The molecule has 2 amide bonds. The van der Waals surface area contributed by atoms with Gasteiger partial charge in [-0.15, -0.1) is 0 Å². The van der Waals surface area contributed by atoms with Gasteiger partial charge in [0.05, 0.1) is 4.90 Å². The number of rotatable bonds is 6. The Bertz CT molecular complexity index is 1330. The SMILES string of the molecule is CCC(=O)N1CCC(NS(=O)(=O)c2cccc3c(NC(=O)c4ccccc4C)cccc23)CC1. The minimum atomic E-state index is -3.80. The van der Waals surface area contributed by atoms with E-state index in [1.807, 2.05) is 32.0 Å². The van der Waals surface area contributed by atoms with Crippen LogP contribution in [-0.2, 0) is 14.8 Å². The number of benzene rings is 3. The first-order valence-corrected chi connectivity index (χ1v) is 13.0. The van der Waals surface area contributed by atoms with E-state index in [1.54, 1.807) is 47.4 Å². The smallest absolute Gasteiger partial charge is 0.255 e. The first-order chi connectivity index (χ1) is 16.3. The number of nitrogens with zero attached hydrogens (tertiary/aromatic N) is 1. The molecule has 7 nitrogen and oxygen atoms in total. The van der Waals surface area contributed by atoms with Gasteiger partial charge >= 0.3 is 0 Å². The van der Waals surface area contributed by atoms with Gasteiger partial charge in [-0.2, -0.15) is 0 Å². The number of likely N-dealkylation sites (tertiary alicyclic amines) is 1. The van der Waals surface area contributed by atoms with Crippen molar-refractivity contribution in [3.63, 3.8) is 0 Å². The molecule has 3 aromatic rings. The summed E-state index contributed by atoms with van der Waals surface area (Å²) in [4.78, 5) is 26.7. The molecule has 0 saturated carbocycles. The molecule has 0 unspecified atom stereocenters. The topological polar surface area (TPSA) is 95.6 Å². The van der Waals surface area contributed by atoms with E-state index in [9.17, 15) is 18.0 Å². The van der Waals surface area contributed by atoms with Crippen molar-refractivity contribution in [2.45, 2.75) is 44.0 Å². The summed E-state index contributed by atoms with van der Waals surface area (Å²) in [6.07, 6.45) is 1.61. The summed E-state index contributed by atoms with van der Waals surface area (Å²) >= 11 is 0. The lowest BCUT2D eigenvalue weighted by Crippen LogP contribution is -2.46. The van der Waals surface area contributed by atoms with Gasteiger partial charge in [0.2, 0.25) is 15.9 Å². The summed E-state index contributed by atoms with van der Waals surface area (Å²) < 4.78 is 29.4. The Morgan fingerprint density at radius 3 is 2.32 bits per heavy atom. The second-order valence-electron chi connectivity index (χ2n) is 8.56. The first-order valence-electron chi connectivity index (χ1n) is 11.5. The van der Waals surface area contributed by atoms with Crippen LogP contribution in [0.2, 0.25) is 0 Å². The van der Waals surface area contributed by atoms with Gasteiger partial charge in [0.25, 0.3) is 5.91 Å². The quantitative estimate of drug-likeness (QED) is 0.557. The third-order valence-electron chi connectivity index (χ3n) is 6.28. The highest BCUT2D eigenvalue weighted by molar-refractivity contribution is 7.89. The van der Waals surface area contributed by atoms with Gasteiger partial charge in [-0.05, 0) is 43.5 Å². The number of carbonyl (C=O) groups excluding carboxylic acids is 2. The zero-order chi connectivity index (χ0) is 24.3. The lowest BCUT2D eigenvalue weighted by Gasteiger charge is -2.32. The Balaban J connectivity index is 1.57. The normalized spacial score (nSPS) is 14.8. The molecule has 0 spiro atoms. The molecule has 1 aliphatic heterocycles. The average Bonchev–Trinajstić information content (AvgIpc) is 2.84. The maximum Gasteiger partial charge on any atom is 0.255 e. The Morgan fingerprint density at radius 2 is 1.62 bits per heavy atom. The van der Waals surface area contributed by atoms with Gasteiger partial charge in [-0.25, -0.2) is 13.1 Å². The molecule has 34 heavy (non-hydrogen) atoms. The van der Waals surface area contributed by atoms with Crippen LogP contribution in [0.15, 0.2) is 65.6 Å². The van der Waals surface area contributed by atoms with E-state index in [2.05, 4.69) is 10.0 Å². The van der Waals surface area contributed by atoms with Crippen LogP contribution in [0.4, 0.5) is 5.69 Å². The zero-order valence-electron chi connectivity index (χ0n) is 19.4. The Labute approximate surface area is 200 Å². The van der Waals surface area contributed by atoms with Gasteiger partial charge in [0.1, 0.15) is 0 Å². The van der Waals surface area contributed by atoms with Gasteiger partial charge in [0, 0.05) is 47.6 Å². The number of carbonyl (C=O) groups is 2. The molecular formula is C26H29N3O4S. The third kappa shape index (κ3) is 4.98. The highest BCUT2D eigenvalue weighted by Gasteiger charge is 2.27. The summed E-state index contributed by atoms with van der Waals surface area (Å²) in [5.74, 6) is -0.152. The Morgan fingerprint density at radius 1 is 0.941 bits per heavy atom. The number of aryl methyl sites for hydroxylation is 1. The maximum atomic E-state index is 13.3. The summed E-state index contributed by atoms with van der Waals surface area (Å²) in [7, 11) is -3.80. The third-order valence-corrected chi connectivity index (χ3v) is 7.86. The van der Waals surface area contributed by atoms with E-state index >= 15 is 0 Å².